The Morgan fingerprint density at radius 1 is 1.14 bits per heavy atom. The molecule has 0 aromatic carbocycles. The molecule has 0 aromatic heterocycles. The van der Waals surface area contributed by atoms with Gasteiger partial charge in [0.2, 0.25) is 0 Å². The Balaban J connectivity index is 4.74. The molecule has 0 radical (unpaired) electrons. The van der Waals surface area contributed by atoms with Crippen LogP contribution in [0.15, 0.2) is 0 Å². The highest BCUT2D eigenvalue weighted by atomic mass is 31.2. The molecule has 0 heterocycles. The quantitative estimate of drug-likeness (QED) is 0.679. The summed E-state index contributed by atoms with van der Waals surface area (Å²) in [5.74, 6) is 0.568. The van der Waals surface area contributed by atoms with E-state index in [1.54, 1.807) is 0 Å². The summed E-state index contributed by atoms with van der Waals surface area (Å²) in [4.78, 5) is 18.0. The van der Waals surface area contributed by atoms with Crippen LogP contribution in [-0.2, 0) is 4.52 Å². The molecule has 0 bridgehead atoms. The predicted octanol–water partition coefficient (Wildman–Crippen LogP) is 3.07. The molecule has 0 rings (SSSR count). The normalized spacial score (nSPS) is 13.3. The van der Waals surface area contributed by atoms with Crippen molar-refractivity contribution in [2.24, 2.45) is 11.8 Å². The van der Waals surface area contributed by atoms with E-state index in [2.05, 4.69) is 34.6 Å². The second-order valence-corrected chi connectivity index (χ2v) is 5.05. The van der Waals surface area contributed by atoms with Crippen LogP contribution in [-0.4, -0.2) is 15.4 Å². The van der Waals surface area contributed by atoms with E-state index in [9.17, 15) is 0 Å². The Labute approximate surface area is 88.5 Å². The van der Waals surface area contributed by atoms with Crippen molar-refractivity contribution in [1.82, 2.24) is 0 Å². The molecule has 0 unspecified atom stereocenters. The summed E-state index contributed by atoms with van der Waals surface area (Å²) < 4.78 is 5.38. The molecule has 2 N–H and O–H groups in total. The second-order valence-electron chi connectivity index (χ2n) is 4.36. The van der Waals surface area contributed by atoms with Gasteiger partial charge < -0.3 is 14.3 Å². The molecule has 0 saturated carbocycles. The van der Waals surface area contributed by atoms with Gasteiger partial charge >= 0.3 is 8.60 Å². The highest BCUT2D eigenvalue weighted by Crippen LogP contribution is 2.44. The molecular weight excluding hydrogens is 199 g/mol. The van der Waals surface area contributed by atoms with Gasteiger partial charge in [-0.05, 0) is 18.3 Å². The Morgan fingerprint density at radius 2 is 1.57 bits per heavy atom. The highest BCUT2D eigenvalue weighted by molar-refractivity contribution is 7.39. The van der Waals surface area contributed by atoms with Crippen LogP contribution in [0.4, 0.5) is 0 Å². The summed E-state index contributed by atoms with van der Waals surface area (Å²) >= 11 is 0. The van der Waals surface area contributed by atoms with Crippen molar-refractivity contribution in [3.05, 3.63) is 0 Å². The third-order valence-electron chi connectivity index (χ3n) is 2.85. The first-order valence-corrected chi connectivity index (χ1v) is 6.40. The maximum absolute atomic E-state index is 9.01. The largest absolute Gasteiger partial charge is 0.328 e. The minimum atomic E-state index is -2.26. The molecular formula is C10H23O3P. The van der Waals surface area contributed by atoms with Crippen LogP contribution in [0, 0.1) is 11.8 Å². The fourth-order valence-corrected chi connectivity index (χ4v) is 2.86. The van der Waals surface area contributed by atoms with Gasteiger partial charge in [-0.25, -0.2) is 0 Å². The maximum atomic E-state index is 9.01. The van der Waals surface area contributed by atoms with E-state index in [0.717, 1.165) is 12.8 Å². The fourth-order valence-electron chi connectivity index (χ4n) is 2.04. The van der Waals surface area contributed by atoms with E-state index >= 15 is 0 Å². The van der Waals surface area contributed by atoms with Crippen molar-refractivity contribution in [2.45, 2.75) is 53.1 Å². The van der Waals surface area contributed by atoms with Crippen LogP contribution in [0.3, 0.4) is 0 Å². The smallest absolute Gasteiger partial charge is 0.327 e. The van der Waals surface area contributed by atoms with Gasteiger partial charge in [0, 0.05) is 0 Å². The van der Waals surface area contributed by atoms with Crippen LogP contribution >= 0.6 is 8.60 Å². The third kappa shape index (κ3) is 3.47. The van der Waals surface area contributed by atoms with Crippen molar-refractivity contribution in [1.29, 1.82) is 0 Å². The van der Waals surface area contributed by atoms with E-state index in [1.165, 1.54) is 0 Å². The second kappa shape index (κ2) is 6.02. The maximum Gasteiger partial charge on any atom is 0.327 e. The Morgan fingerprint density at radius 3 is 1.79 bits per heavy atom. The lowest BCUT2D eigenvalue weighted by atomic mass is 9.77. The van der Waals surface area contributed by atoms with E-state index in [-0.39, 0.29) is 11.8 Å². The van der Waals surface area contributed by atoms with Gasteiger partial charge in [-0.15, -0.1) is 0 Å². The van der Waals surface area contributed by atoms with E-state index in [0.29, 0.717) is 0 Å². The fraction of sp³-hybridized carbons (Fsp3) is 1.00. The first-order chi connectivity index (χ1) is 6.36. The molecule has 0 aliphatic rings. The first kappa shape index (κ1) is 14.3. The highest BCUT2D eigenvalue weighted by Gasteiger charge is 2.39. The molecule has 0 aliphatic carbocycles. The number of hydrogen-bond donors (Lipinski definition) is 2. The van der Waals surface area contributed by atoms with Crippen LogP contribution in [0.25, 0.3) is 0 Å². The summed E-state index contributed by atoms with van der Waals surface area (Å²) in [7, 11) is -2.26. The van der Waals surface area contributed by atoms with Crippen molar-refractivity contribution < 1.29 is 14.3 Å². The zero-order chi connectivity index (χ0) is 11.4. The molecule has 3 nitrogen and oxygen atoms in total. The Kier molecular flexibility index (Phi) is 6.15. The lowest BCUT2D eigenvalue weighted by molar-refractivity contribution is -0.0373. The molecule has 86 valence electrons. The molecule has 0 amide bonds. The van der Waals surface area contributed by atoms with Crippen molar-refractivity contribution in [3.63, 3.8) is 0 Å². The minimum absolute atomic E-state index is 0.284. The molecule has 0 fully saturated rings. The van der Waals surface area contributed by atoms with Crippen LogP contribution < -0.4 is 0 Å². The van der Waals surface area contributed by atoms with Gasteiger partial charge in [0.15, 0.2) is 0 Å². The van der Waals surface area contributed by atoms with Gasteiger partial charge in [-0.2, -0.15) is 0 Å². The molecule has 0 aromatic rings. The zero-order valence-corrected chi connectivity index (χ0v) is 10.7. The van der Waals surface area contributed by atoms with E-state index < -0.39 is 14.2 Å². The van der Waals surface area contributed by atoms with Gasteiger partial charge in [0.25, 0.3) is 0 Å². The molecule has 14 heavy (non-hydrogen) atoms. The minimum Gasteiger partial charge on any atom is -0.328 e. The summed E-state index contributed by atoms with van der Waals surface area (Å²) in [6.45, 7) is 10.3. The van der Waals surface area contributed by atoms with Crippen molar-refractivity contribution >= 4 is 8.60 Å². The van der Waals surface area contributed by atoms with Crippen LogP contribution in [0.2, 0.25) is 0 Å². The summed E-state index contributed by atoms with van der Waals surface area (Å²) in [5.41, 5.74) is -0.399. The van der Waals surface area contributed by atoms with Crippen LogP contribution in [0.5, 0.6) is 0 Å². The molecule has 4 heteroatoms. The molecule has 0 spiro atoms. The van der Waals surface area contributed by atoms with Crippen LogP contribution in [0.1, 0.15) is 47.5 Å². The lowest BCUT2D eigenvalue weighted by Crippen LogP contribution is -2.42. The third-order valence-corrected chi connectivity index (χ3v) is 3.35. The average molecular weight is 222 g/mol. The average Bonchev–Trinajstić information content (AvgIpc) is 2.01. The lowest BCUT2D eigenvalue weighted by Gasteiger charge is -2.41. The first-order valence-electron chi connectivity index (χ1n) is 5.23. The standard InChI is InChI=1S/C10H23O3P/c1-6-7-10(8(2)3,9(4)5)13-14(11)12/h8-9,11-12H,6-7H2,1-5H3. The van der Waals surface area contributed by atoms with Gasteiger partial charge in [-0.3, -0.25) is 0 Å². The molecule has 0 atom stereocenters. The monoisotopic (exact) mass is 222 g/mol. The van der Waals surface area contributed by atoms with E-state index in [1.807, 2.05) is 0 Å². The topological polar surface area (TPSA) is 49.7 Å². The number of rotatable bonds is 6. The van der Waals surface area contributed by atoms with Gasteiger partial charge in [0.05, 0.1) is 5.60 Å². The molecule has 0 aliphatic heterocycles. The van der Waals surface area contributed by atoms with Gasteiger partial charge in [0.1, 0.15) is 0 Å². The van der Waals surface area contributed by atoms with E-state index in [4.69, 9.17) is 14.3 Å². The SMILES string of the molecule is CCCC(OP(O)O)(C(C)C)C(C)C. The van der Waals surface area contributed by atoms with Crippen molar-refractivity contribution in [2.75, 3.05) is 0 Å². The number of hydrogen-bond acceptors (Lipinski definition) is 3. The Bertz CT molecular complexity index is 149. The molecule has 0 saturated heterocycles. The summed E-state index contributed by atoms with van der Waals surface area (Å²) in [6, 6.07) is 0. The summed E-state index contributed by atoms with van der Waals surface area (Å²) in [6.07, 6.45) is 1.85. The van der Waals surface area contributed by atoms with Gasteiger partial charge in [-0.1, -0.05) is 41.0 Å². The Hall–Kier alpha value is 0.310. The summed E-state index contributed by atoms with van der Waals surface area (Å²) in [5, 5.41) is 0. The van der Waals surface area contributed by atoms with Crippen molar-refractivity contribution in [3.8, 4) is 0 Å². The zero-order valence-electron chi connectivity index (χ0n) is 9.82. The predicted molar refractivity (Wildman–Crippen MR) is 59.8 cm³/mol.